The molecule has 5 nitrogen and oxygen atoms in total. The lowest BCUT2D eigenvalue weighted by Gasteiger charge is -2.18. The molecule has 1 heterocycles. The fourth-order valence-electron chi connectivity index (χ4n) is 5.79. The SMILES string of the molecule is CC(C)(C)c1ccc(C=C2CCc3c2nc2ccccc2c3C(=O)OCC(=O)Nc2ccccc2Cc2ccccc2)cc1. The minimum absolute atomic E-state index is 0.0871. The molecular formula is C39H36N2O3. The van der Waals surface area contributed by atoms with E-state index in [0.717, 1.165) is 50.8 Å². The van der Waals surface area contributed by atoms with Gasteiger partial charge in [0, 0.05) is 11.1 Å². The number of carbonyl (C=O) groups excluding carboxylic acids is 2. The van der Waals surface area contributed by atoms with Crippen LogP contribution in [0.1, 0.15) is 71.1 Å². The Labute approximate surface area is 258 Å². The summed E-state index contributed by atoms with van der Waals surface area (Å²) in [6.45, 7) is 6.24. The van der Waals surface area contributed by atoms with E-state index in [1.165, 1.54) is 5.56 Å². The minimum Gasteiger partial charge on any atom is -0.452 e. The summed E-state index contributed by atoms with van der Waals surface area (Å²) < 4.78 is 5.65. The summed E-state index contributed by atoms with van der Waals surface area (Å²) in [5, 5.41) is 3.67. The number of anilines is 1. The van der Waals surface area contributed by atoms with Crippen molar-refractivity contribution < 1.29 is 14.3 Å². The number of ether oxygens (including phenoxy) is 1. The summed E-state index contributed by atoms with van der Waals surface area (Å²) in [4.78, 5) is 31.6. The predicted octanol–water partition coefficient (Wildman–Crippen LogP) is 8.41. The lowest BCUT2D eigenvalue weighted by molar-refractivity contribution is -0.119. The van der Waals surface area contributed by atoms with Crippen molar-refractivity contribution in [3.8, 4) is 0 Å². The molecule has 1 N–H and O–H groups in total. The molecule has 5 heteroatoms. The first-order valence-corrected chi connectivity index (χ1v) is 15.1. The van der Waals surface area contributed by atoms with Crippen LogP contribution in [-0.2, 0) is 27.8 Å². The van der Waals surface area contributed by atoms with E-state index in [-0.39, 0.29) is 17.9 Å². The molecule has 0 saturated carbocycles. The van der Waals surface area contributed by atoms with Crippen LogP contribution in [0.5, 0.6) is 0 Å². The predicted molar refractivity (Wildman–Crippen MR) is 178 cm³/mol. The molecule has 6 rings (SSSR count). The summed E-state index contributed by atoms with van der Waals surface area (Å²) in [7, 11) is 0. The van der Waals surface area contributed by atoms with E-state index in [0.29, 0.717) is 24.1 Å². The number of amides is 1. The summed E-state index contributed by atoms with van der Waals surface area (Å²) in [5.41, 5.74) is 9.34. The lowest BCUT2D eigenvalue weighted by atomic mass is 9.86. The molecular weight excluding hydrogens is 544 g/mol. The third-order valence-corrected chi connectivity index (χ3v) is 8.13. The normalized spacial score (nSPS) is 13.6. The van der Waals surface area contributed by atoms with Gasteiger partial charge in [0.2, 0.25) is 0 Å². The number of carbonyl (C=O) groups is 2. The van der Waals surface area contributed by atoms with Crippen molar-refractivity contribution in [1.82, 2.24) is 4.98 Å². The molecule has 0 spiro atoms. The fourth-order valence-corrected chi connectivity index (χ4v) is 5.79. The van der Waals surface area contributed by atoms with Crippen LogP contribution in [-0.4, -0.2) is 23.5 Å². The van der Waals surface area contributed by atoms with E-state index in [4.69, 9.17) is 9.72 Å². The average molecular weight is 581 g/mol. The Bertz CT molecular complexity index is 1870. The fraction of sp³-hybridized carbons (Fsp3) is 0.205. The smallest absolute Gasteiger partial charge is 0.339 e. The van der Waals surface area contributed by atoms with Gasteiger partial charge in [-0.25, -0.2) is 9.78 Å². The first kappa shape index (κ1) is 29.1. The number of nitrogens with one attached hydrogen (secondary N) is 1. The average Bonchev–Trinajstić information content (AvgIpc) is 3.41. The van der Waals surface area contributed by atoms with E-state index in [1.54, 1.807) is 0 Å². The van der Waals surface area contributed by atoms with Crippen molar-refractivity contribution in [3.05, 3.63) is 142 Å². The maximum atomic E-state index is 13.6. The van der Waals surface area contributed by atoms with Crippen molar-refractivity contribution >= 4 is 40.1 Å². The number of esters is 1. The first-order valence-electron chi connectivity index (χ1n) is 15.1. The zero-order valence-corrected chi connectivity index (χ0v) is 25.4. The van der Waals surface area contributed by atoms with Crippen LogP contribution < -0.4 is 5.32 Å². The highest BCUT2D eigenvalue weighted by molar-refractivity contribution is 6.08. The molecule has 1 aliphatic carbocycles. The van der Waals surface area contributed by atoms with Crippen molar-refractivity contribution in [2.24, 2.45) is 0 Å². The maximum absolute atomic E-state index is 13.6. The Kier molecular flexibility index (Phi) is 8.12. The van der Waals surface area contributed by atoms with Gasteiger partial charge in [0.1, 0.15) is 0 Å². The monoisotopic (exact) mass is 580 g/mol. The second kappa shape index (κ2) is 12.3. The van der Waals surface area contributed by atoms with Gasteiger partial charge in [-0.2, -0.15) is 0 Å². The van der Waals surface area contributed by atoms with E-state index in [2.05, 4.69) is 68.6 Å². The Hall–Kier alpha value is -5.03. The highest BCUT2D eigenvalue weighted by Crippen LogP contribution is 2.38. The largest absolute Gasteiger partial charge is 0.452 e. The number of hydrogen-bond donors (Lipinski definition) is 1. The van der Waals surface area contributed by atoms with Gasteiger partial charge in [-0.05, 0) is 76.3 Å². The second-order valence-electron chi connectivity index (χ2n) is 12.3. The van der Waals surface area contributed by atoms with E-state index in [1.807, 2.05) is 66.7 Å². The summed E-state index contributed by atoms with van der Waals surface area (Å²) in [6, 6.07) is 34.0. The summed E-state index contributed by atoms with van der Waals surface area (Å²) in [6.07, 6.45) is 4.31. The second-order valence-corrected chi connectivity index (χ2v) is 12.3. The third-order valence-electron chi connectivity index (χ3n) is 8.13. The molecule has 0 radical (unpaired) electrons. The Morgan fingerprint density at radius 1 is 0.841 bits per heavy atom. The molecule has 4 aromatic carbocycles. The van der Waals surface area contributed by atoms with Crippen molar-refractivity contribution in [3.63, 3.8) is 0 Å². The molecule has 220 valence electrons. The Balaban J connectivity index is 1.22. The number of fused-ring (bicyclic) bond motifs is 2. The van der Waals surface area contributed by atoms with Gasteiger partial charge in [-0.3, -0.25) is 4.79 Å². The van der Waals surface area contributed by atoms with Crippen molar-refractivity contribution in [2.75, 3.05) is 11.9 Å². The zero-order valence-electron chi connectivity index (χ0n) is 25.4. The quantitative estimate of drug-likeness (QED) is 0.196. The minimum atomic E-state index is -0.511. The highest BCUT2D eigenvalue weighted by atomic mass is 16.5. The highest BCUT2D eigenvalue weighted by Gasteiger charge is 2.28. The number of benzene rings is 4. The van der Waals surface area contributed by atoms with Gasteiger partial charge in [-0.1, -0.05) is 112 Å². The van der Waals surface area contributed by atoms with Gasteiger partial charge in [0.15, 0.2) is 6.61 Å². The van der Waals surface area contributed by atoms with Crippen molar-refractivity contribution in [1.29, 1.82) is 0 Å². The van der Waals surface area contributed by atoms with Crippen LogP contribution in [0, 0.1) is 0 Å². The van der Waals surface area contributed by atoms with Crippen molar-refractivity contribution in [2.45, 2.75) is 45.4 Å². The van der Waals surface area contributed by atoms with E-state index in [9.17, 15) is 9.59 Å². The van der Waals surface area contributed by atoms with E-state index >= 15 is 0 Å². The summed E-state index contributed by atoms with van der Waals surface area (Å²) in [5.74, 6) is -0.892. The first-order chi connectivity index (χ1) is 21.3. The van der Waals surface area contributed by atoms with E-state index < -0.39 is 5.97 Å². The molecule has 44 heavy (non-hydrogen) atoms. The number of aromatic nitrogens is 1. The number of rotatable bonds is 7. The molecule has 1 aliphatic rings. The lowest BCUT2D eigenvalue weighted by Crippen LogP contribution is -2.22. The number of allylic oxidation sites excluding steroid dienone is 1. The topological polar surface area (TPSA) is 68.3 Å². The molecule has 0 fully saturated rings. The maximum Gasteiger partial charge on any atom is 0.339 e. The third kappa shape index (κ3) is 6.32. The van der Waals surface area contributed by atoms with Gasteiger partial charge in [-0.15, -0.1) is 0 Å². The molecule has 0 bridgehead atoms. The number of para-hydroxylation sites is 2. The molecule has 0 unspecified atom stereocenters. The van der Waals surface area contributed by atoms with Gasteiger partial charge >= 0.3 is 5.97 Å². The number of pyridine rings is 1. The van der Waals surface area contributed by atoms with Gasteiger partial charge in [0.25, 0.3) is 5.91 Å². The van der Waals surface area contributed by atoms with Crippen LogP contribution in [0.3, 0.4) is 0 Å². The Morgan fingerprint density at radius 2 is 1.55 bits per heavy atom. The van der Waals surface area contributed by atoms with Crippen LogP contribution in [0.2, 0.25) is 0 Å². The van der Waals surface area contributed by atoms with Crippen LogP contribution in [0.25, 0.3) is 22.6 Å². The number of nitrogens with zero attached hydrogens (tertiary/aromatic N) is 1. The summed E-state index contributed by atoms with van der Waals surface area (Å²) >= 11 is 0. The number of hydrogen-bond acceptors (Lipinski definition) is 4. The molecule has 5 aromatic rings. The molecule has 0 aliphatic heterocycles. The standard InChI is InChI=1S/C39H36N2O3/c1-39(2,3)30-20-17-27(18-21-30)24-29-19-22-32-36(31-14-8-10-16-34(31)41-37(29)32)38(43)44-25-35(42)40-33-15-9-7-13-28(33)23-26-11-5-4-6-12-26/h4-18,20-21,24H,19,22-23,25H2,1-3H3,(H,40,42). The van der Waals surface area contributed by atoms with Crippen LogP contribution in [0.15, 0.2) is 103 Å². The molecule has 1 aromatic heterocycles. The molecule has 0 saturated heterocycles. The Morgan fingerprint density at radius 3 is 2.32 bits per heavy atom. The van der Waals surface area contributed by atoms with Crippen LogP contribution >= 0.6 is 0 Å². The molecule has 1 amide bonds. The molecule has 0 atom stereocenters. The zero-order chi connectivity index (χ0) is 30.7. The van der Waals surface area contributed by atoms with Gasteiger partial charge < -0.3 is 10.1 Å². The van der Waals surface area contributed by atoms with Gasteiger partial charge in [0.05, 0.1) is 16.8 Å². The van der Waals surface area contributed by atoms with Crippen LogP contribution in [0.4, 0.5) is 5.69 Å².